The third-order valence-corrected chi connectivity index (χ3v) is 18.0. The zero-order valence-electron chi connectivity index (χ0n) is 39.0. The van der Waals surface area contributed by atoms with Gasteiger partial charge in [-0.05, 0) is 95.8 Å². The second kappa shape index (κ2) is 19.3. The number of ketones is 2. The highest BCUT2D eigenvalue weighted by Gasteiger charge is 2.40. The summed E-state index contributed by atoms with van der Waals surface area (Å²) in [4.78, 5) is 44.9. The number of anilines is 2. The quantitative estimate of drug-likeness (QED) is 0.0699. The van der Waals surface area contributed by atoms with Gasteiger partial charge in [-0.3, -0.25) is 14.4 Å². The third kappa shape index (κ3) is 9.12. The van der Waals surface area contributed by atoms with E-state index in [-0.39, 0.29) is 55.7 Å². The molecule has 2 N–H and O–H groups in total. The maximum atomic E-state index is 14.4. The number of nitrogens with one attached hydrogen (secondary N) is 2. The molecule has 0 spiro atoms. The highest BCUT2D eigenvalue weighted by Crippen LogP contribution is 2.51. The van der Waals surface area contributed by atoms with Gasteiger partial charge in [-0.2, -0.15) is 0 Å². The minimum Gasteiger partial charge on any atom is -0.744 e. The summed E-state index contributed by atoms with van der Waals surface area (Å²) >= 11 is 0. The summed E-state index contributed by atoms with van der Waals surface area (Å²) in [5.74, 6) is -0.433. The number of H-pyrrole nitrogens is 1. The number of fused-ring (bicyclic) bond motifs is 2. The molecule has 9 nitrogen and oxygen atoms in total. The maximum Gasteiger partial charge on any atom is 0.260 e. The highest BCUT2D eigenvalue weighted by molar-refractivity contribution is 7.95. The lowest BCUT2D eigenvalue weighted by Crippen LogP contribution is -2.30. The van der Waals surface area contributed by atoms with E-state index >= 15 is 0 Å². The molecule has 11 heteroatoms. The van der Waals surface area contributed by atoms with Gasteiger partial charge in [-0.25, -0.2) is 8.42 Å². The van der Waals surface area contributed by atoms with Gasteiger partial charge in [0.1, 0.15) is 39.0 Å². The number of pyridine rings is 1. The van der Waals surface area contributed by atoms with Crippen LogP contribution in [0.4, 0.5) is 11.4 Å². The molecule has 70 heavy (non-hydrogen) atoms. The van der Waals surface area contributed by atoms with Gasteiger partial charge >= 0.3 is 0 Å². The van der Waals surface area contributed by atoms with Crippen LogP contribution in [-0.2, 0) is 15.5 Å². The molecule has 1 aliphatic carbocycles. The van der Waals surface area contributed by atoms with Crippen molar-refractivity contribution in [3.63, 3.8) is 0 Å². The Morgan fingerprint density at radius 2 is 1.19 bits per heavy atom. The number of carbonyl (C=O) groups excluding carboxylic acids is 2. The maximum absolute atomic E-state index is 14.4. The molecule has 1 heterocycles. The average molecular weight is 961 g/mol. The molecular formula is C59H49N2O7PS. The average Bonchev–Trinajstić information content (AvgIpc) is 3.39. The fraction of sp³-hybridized carbons (Fsp3) is 0.102. The molecule has 1 aromatic heterocycles. The van der Waals surface area contributed by atoms with Crippen LogP contribution >= 0.6 is 7.26 Å². The second-order valence-electron chi connectivity index (χ2n) is 17.8. The first-order chi connectivity index (χ1) is 33.7. The van der Waals surface area contributed by atoms with Gasteiger partial charge in [0.15, 0.2) is 17.3 Å². The molecule has 0 unspecified atom stereocenters. The SMILES string of the molecule is CCC(C)(C)c1ccc(Oc2cc(Nc3ccccc3)c3c4c(c(C(=O)c5cccc(S(=O)(=O)[O-])c5)c(=O)[nH]c24)-c2ccccc2C3=O)cc1.C[P+](c1ccccc1)(c1ccccc1)c1ccccc1. The van der Waals surface area contributed by atoms with Gasteiger partial charge in [0.05, 0.1) is 33.9 Å². The lowest BCUT2D eigenvalue weighted by molar-refractivity contribution is 0.102. The molecule has 348 valence electrons. The number of benzene rings is 8. The van der Waals surface area contributed by atoms with E-state index in [1.165, 1.54) is 28.0 Å². The van der Waals surface area contributed by atoms with Crippen molar-refractivity contribution in [1.82, 2.24) is 4.98 Å². The Bertz CT molecular complexity index is 3490. The minimum atomic E-state index is -4.89. The van der Waals surface area contributed by atoms with Crippen molar-refractivity contribution in [2.24, 2.45) is 0 Å². The number of rotatable bonds is 12. The summed E-state index contributed by atoms with van der Waals surface area (Å²) < 4.78 is 41.9. The van der Waals surface area contributed by atoms with Crippen LogP contribution in [-0.4, -0.2) is 36.2 Å². The first-order valence-corrected chi connectivity index (χ1v) is 26.5. The van der Waals surface area contributed by atoms with E-state index in [1.807, 2.05) is 54.6 Å². The summed E-state index contributed by atoms with van der Waals surface area (Å²) in [6, 6.07) is 62.5. The molecule has 0 saturated carbocycles. The predicted octanol–water partition coefficient (Wildman–Crippen LogP) is 11.7. The third-order valence-electron chi connectivity index (χ3n) is 13.2. The van der Waals surface area contributed by atoms with E-state index in [0.717, 1.165) is 24.1 Å². The molecule has 0 atom stereocenters. The normalized spacial score (nSPS) is 12.1. The molecule has 1 aliphatic rings. The van der Waals surface area contributed by atoms with E-state index in [2.05, 4.69) is 129 Å². The minimum absolute atomic E-state index is 0.0507. The van der Waals surface area contributed by atoms with Crippen LogP contribution in [0.25, 0.3) is 22.0 Å². The Labute approximate surface area is 408 Å². The topological polar surface area (TPSA) is 145 Å². The van der Waals surface area contributed by atoms with Crippen molar-refractivity contribution in [2.45, 2.75) is 37.5 Å². The number of hydrogen-bond acceptors (Lipinski definition) is 8. The Morgan fingerprint density at radius 1 is 0.657 bits per heavy atom. The van der Waals surface area contributed by atoms with Crippen LogP contribution in [0.1, 0.15) is 64.6 Å². The van der Waals surface area contributed by atoms with E-state index in [9.17, 15) is 27.4 Å². The Hall–Kier alpha value is -7.75. The molecule has 0 radical (unpaired) electrons. The monoisotopic (exact) mass is 960 g/mol. The zero-order valence-corrected chi connectivity index (χ0v) is 40.7. The molecule has 0 aliphatic heterocycles. The van der Waals surface area contributed by atoms with Crippen molar-refractivity contribution >= 4 is 67.1 Å². The lowest BCUT2D eigenvalue weighted by atomic mass is 9.80. The first kappa shape index (κ1) is 47.3. The summed E-state index contributed by atoms with van der Waals surface area (Å²) in [5.41, 5.74) is 2.11. The van der Waals surface area contributed by atoms with Crippen LogP contribution in [0, 0.1) is 0 Å². The van der Waals surface area contributed by atoms with Crippen molar-refractivity contribution in [2.75, 3.05) is 12.0 Å². The van der Waals surface area contributed by atoms with E-state index in [4.69, 9.17) is 4.74 Å². The van der Waals surface area contributed by atoms with Gasteiger partial charge in [-0.15, -0.1) is 0 Å². The lowest BCUT2D eigenvalue weighted by Gasteiger charge is -2.26. The Morgan fingerprint density at radius 3 is 1.73 bits per heavy atom. The zero-order chi connectivity index (χ0) is 49.2. The van der Waals surface area contributed by atoms with Gasteiger partial charge < -0.3 is 19.6 Å². The van der Waals surface area contributed by atoms with Crippen molar-refractivity contribution in [3.05, 3.63) is 238 Å². The van der Waals surface area contributed by atoms with Crippen LogP contribution in [0.2, 0.25) is 0 Å². The summed E-state index contributed by atoms with van der Waals surface area (Å²) in [7, 11) is -6.42. The first-order valence-electron chi connectivity index (χ1n) is 22.8. The van der Waals surface area contributed by atoms with Crippen LogP contribution in [0.15, 0.2) is 210 Å². The number of carbonyl (C=O) groups is 2. The smallest absolute Gasteiger partial charge is 0.260 e. The Kier molecular flexibility index (Phi) is 13.1. The van der Waals surface area contributed by atoms with Crippen LogP contribution in [0.3, 0.4) is 0 Å². The molecule has 8 aromatic carbocycles. The predicted molar refractivity (Wildman–Crippen MR) is 282 cm³/mol. The highest BCUT2D eigenvalue weighted by atomic mass is 32.2. The standard InChI is InChI=1S/C40H32N2O7S.C19H18P/c1-4-40(2,3)24-17-19-26(20-18-24)49-31-22-30(41-25-12-6-5-7-13-25)33-34-32(28-15-8-9-16-29(28)38(33)44)35(39(45)42-36(31)34)37(43)23-11-10-14-27(21-23)50(46,47)48;1-20(17-11-5-2-6-12-17,18-13-7-3-8-14-18)19-15-9-4-10-16-19/h5-22,41H,4H2,1-3H3,(H,42,45)(H,46,47,48);2-16H,1H3/q;+1/p-1. The number of ether oxygens (including phenoxy) is 1. The number of aromatic nitrogens is 1. The summed E-state index contributed by atoms with van der Waals surface area (Å²) in [6.07, 6.45) is 0.936. The van der Waals surface area contributed by atoms with Crippen molar-refractivity contribution in [3.8, 4) is 22.6 Å². The largest absolute Gasteiger partial charge is 0.744 e. The van der Waals surface area contributed by atoms with Crippen molar-refractivity contribution < 1.29 is 27.3 Å². The molecule has 10 rings (SSSR count). The van der Waals surface area contributed by atoms with Crippen molar-refractivity contribution in [1.29, 1.82) is 0 Å². The number of aromatic amines is 1. The number of hydrogen-bond donors (Lipinski definition) is 2. The van der Waals surface area contributed by atoms with Gasteiger partial charge in [0, 0.05) is 33.8 Å². The van der Waals surface area contributed by atoms with Crippen LogP contribution in [0.5, 0.6) is 11.5 Å². The molecule has 0 bridgehead atoms. The van der Waals surface area contributed by atoms with Crippen LogP contribution < -0.4 is 31.5 Å². The Balaban J connectivity index is 0.000000253. The fourth-order valence-electron chi connectivity index (χ4n) is 8.93. The number of para-hydroxylation sites is 1. The fourth-order valence-corrected chi connectivity index (χ4v) is 12.6. The second-order valence-corrected chi connectivity index (χ2v) is 22.7. The van der Waals surface area contributed by atoms with E-state index in [1.54, 1.807) is 30.3 Å². The molecule has 0 amide bonds. The molecule has 0 fully saturated rings. The summed E-state index contributed by atoms with van der Waals surface area (Å²) in [5, 5.41) is 7.91. The molecular weight excluding hydrogens is 912 g/mol. The van der Waals surface area contributed by atoms with Gasteiger partial charge in [0.2, 0.25) is 0 Å². The molecule has 9 aromatic rings. The molecule has 0 saturated heterocycles. The van der Waals surface area contributed by atoms with E-state index in [0.29, 0.717) is 22.7 Å². The van der Waals surface area contributed by atoms with E-state index < -0.39 is 33.6 Å². The van der Waals surface area contributed by atoms with Gasteiger partial charge in [0.25, 0.3) is 5.56 Å². The van der Waals surface area contributed by atoms with Gasteiger partial charge in [-0.1, -0.05) is 142 Å². The summed E-state index contributed by atoms with van der Waals surface area (Å²) in [6.45, 7) is 8.85.